The predicted molar refractivity (Wildman–Crippen MR) is 60.6 cm³/mol. The maximum absolute atomic E-state index is 11.0. The molecule has 17 heavy (non-hydrogen) atoms. The van der Waals surface area contributed by atoms with Crippen molar-refractivity contribution in [2.24, 2.45) is 5.73 Å². The summed E-state index contributed by atoms with van der Waals surface area (Å²) in [4.78, 5) is 21.1. The molecular formula is C10H20N2O5. The van der Waals surface area contributed by atoms with Crippen molar-refractivity contribution in [2.75, 3.05) is 39.5 Å². The van der Waals surface area contributed by atoms with Gasteiger partial charge in [0, 0.05) is 19.5 Å². The Hall–Kier alpha value is -1.18. The number of nitrogens with two attached hydrogens (primary N) is 1. The molecule has 0 atom stereocenters. The lowest BCUT2D eigenvalue weighted by Gasteiger charge is -2.06. The molecule has 0 bridgehead atoms. The minimum Gasteiger partial charge on any atom is -0.481 e. The third-order valence-electron chi connectivity index (χ3n) is 1.77. The zero-order valence-electron chi connectivity index (χ0n) is 9.81. The van der Waals surface area contributed by atoms with Gasteiger partial charge in [-0.05, 0) is 0 Å². The van der Waals surface area contributed by atoms with E-state index in [-0.39, 0.29) is 18.9 Å². The lowest BCUT2D eigenvalue weighted by Crippen LogP contribution is -2.29. The molecular weight excluding hydrogens is 228 g/mol. The summed E-state index contributed by atoms with van der Waals surface area (Å²) in [5.41, 5.74) is 5.20. The number of aliphatic carboxylic acids is 1. The first kappa shape index (κ1) is 15.8. The first-order valence-corrected chi connectivity index (χ1v) is 5.51. The fourth-order valence-corrected chi connectivity index (χ4v) is 0.964. The number of nitrogens with one attached hydrogen (secondary N) is 1. The van der Waals surface area contributed by atoms with E-state index in [4.69, 9.17) is 20.3 Å². The van der Waals surface area contributed by atoms with Crippen LogP contribution in [0.2, 0.25) is 0 Å². The van der Waals surface area contributed by atoms with Crippen molar-refractivity contribution in [3.63, 3.8) is 0 Å². The summed E-state index contributed by atoms with van der Waals surface area (Å²) >= 11 is 0. The summed E-state index contributed by atoms with van der Waals surface area (Å²) in [6.07, 6.45) is 0.313. The standard InChI is InChI=1S/C10H20N2O5/c11-3-1-9(13)12-4-6-17-8-7-16-5-2-10(14)15/h1-8,11H2,(H,12,13)(H,14,15). The molecule has 100 valence electrons. The molecule has 7 nitrogen and oxygen atoms in total. The number of amides is 1. The van der Waals surface area contributed by atoms with Gasteiger partial charge in [-0.15, -0.1) is 0 Å². The number of ether oxygens (including phenoxy) is 2. The maximum Gasteiger partial charge on any atom is 0.305 e. The maximum atomic E-state index is 11.0. The Morgan fingerprint density at radius 3 is 2.29 bits per heavy atom. The van der Waals surface area contributed by atoms with Gasteiger partial charge in [-0.25, -0.2) is 0 Å². The first-order chi connectivity index (χ1) is 8.16. The minimum absolute atomic E-state index is 0.00482. The van der Waals surface area contributed by atoms with Crippen molar-refractivity contribution in [1.82, 2.24) is 5.32 Å². The SMILES string of the molecule is NCCC(=O)NCCOCCOCCC(=O)O. The Bertz CT molecular complexity index is 223. The summed E-state index contributed by atoms with van der Waals surface area (Å²) in [5.74, 6) is -0.970. The molecule has 1 amide bonds. The molecule has 0 heterocycles. The van der Waals surface area contributed by atoms with Crippen molar-refractivity contribution in [3.8, 4) is 0 Å². The number of carboxylic acids is 1. The molecule has 4 N–H and O–H groups in total. The Morgan fingerprint density at radius 2 is 1.71 bits per heavy atom. The Morgan fingerprint density at radius 1 is 1.06 bits per heavy atom. The fraction of sp³-hybridized carbons (Fsp3) is 0.800. The van der Waals surface area contributed by atoms with Crippen LogP contribution in [-0.4, -0.2) is 56.5 Å². The lowest BCUT2D eigenvalue weighted by atomic mass is 10.4. The zero-order valence-corrected chi connectivity index (χ0v) is 9.81. The number of rotatable bonds is 11. The summed E-state index contributed by atoms with van der Waals surface area (Å²) in [5, 5.41) is 11.0. The van der Waals surface area contributed by atoms with E-state index >= 15 is 0 Å². The average molecular weight is 248 g/mol. The molecule has 0 aliphatic carbocycles. The summed E-state index contributed by atoms with van der Waals surface area (Å²) < 4.78 is 10.2. The van der Waals surface area contributed by atoms with Gasteiger partial charge in [-0.3, -0.25) is 9.59 Å². The fourth-order valence-electron chi connectivity index (χ4n) is 0.964. The van der Waals surface area contributed by atoms with Crippen LogP contribution in [0, 0.1) is 0 Å². The lowest BCUT2D eigenvalue weighted by molar-refractivity contribution is -0.138. The normalized spacial score (nSPS) is 10.2. The van der Waals surface area contributed by atoms with Gasteiger partial charge in [0.15, 0.2) is 0 Å². The van der Waals surface area contributed by atoms with Crippen LogP contribution in [0.4, 0.5) is 0 Å². The molecule has 0 aromatic heterocycles. The Labute approximate surface area is 100 Å². The van der Waals surface area contributed by atoms with Gasteiger partial charge in [0.2, 0.25) is 5.91 Å². The van der Waals surface area contributed by atoms with Gasteiger partial charge < -0.3 is 25.6 Å². The third-order valence-corrected chi connectivity index (χ3v) is 1.77. The van der Waals surface area contributed by atoms with E-state index in [1.165, 1.54) is 0 Å². The molecule has 0 unspecified atom stereocenters. The first-order valence-electron chi connectivity index (χ1n) is 5.51. The van der Waals surface area contributed by atoms with Crippen LogP contribution in [-0.2, 0) is 19.1 Å². The monoisotopic (exact) mass is 248 g/mol. The predicted octanol–water partition coefficient (Wildman–Crippen LogP) is -1.04. The van der Waals surface area contributed by atoms with Gasteiger partial charge in [-0.1, -0.05) is 0 Å². The molecule has 7 heteroatoms. The highest BCUT2D eigenvalue weighted by Gasteiger charge is 1.98. The second-order valence-corrected chi connectivity index (χ2v) is 3.26. The molecule has 0 aliphatic rings. The van der Waals surface area contributed by atoms with Crippen molar-refractivity contribution in [2.45, 2.75) is 12.8 Å². The number of carboxylic acid groups (broad SMARTS) is 1. The van der Waals surface area contributed by atoms with E-state index in [1.54, 1.807) is 0 Å². The smallest absolute Gasteiger partial charge is 0.305 e. The molecule has 0 aromatic rings. The van der Waals surface area contributed by atoms with Crippen LogP contribution in [0.25, 0.3) is 0 Å². The molecule has 0 rings (SSSR count). The van der Waals surface area contributed by atoms with Crippen LogP contribution >= 0.6 is 0 Å². The number of hydrogen-bond acceptors (Lipinski definition) is 5. The Kier molecular flexibility index (Phi) is 10.5. The van der Waals surface area contributed by atoms with E-state index in [2.05, 4.69) is 5.32 Å². The van der Waals surface area contributed by atoms with Crippen LogP contribution < -0.4 is 11.1 Å². The molecule has 0 spiro atoms. The molecule has 0 saturated carbocycles. The van der Waals surface area contributed by atoms with Crippen LogP contribution in [0.15, 0.2) is 0 Å². The van der Waals surface area contributed by atoms with Gasteiger partial charge >= 0.3 is 5.97 Å². The van der Waals surface area contributed by atoms with Crippen molar-refractivity contribution in [3.05, 3.63) is 0 Å². The van der Waals surface area contributed by atoms with E-state index < -0.39 is 5.97 Å². The topological polar surface area (TPSA) is 111 Å². The zero-order chi connectivity index (χ0) is 12.9. The van der Waals surface area contributed by atoms with E-state index in [0.717, 1.165) is 0 Å². The molecule has 0 fully saturated rings. The quantitative estimate of drug-likeness (QED) is 0.403. The number of hydrogen-bond donors (Lipinski definition) is 3. The highest BCUT2D eigenvalue weighted by molar-refractivity contribution is 5.75. The van der Waals surface area contributed by atoms with Crippen molar-refractivity contribution in [1.29, 1.82) is 0 Å². The Balaban J connectivity index is 3.08. The van der Waals surface area contributed by atoms with Gasteiger partial charge in [0.25, 0.3) is 0 Å². The second kappa shape index (κ2) is 11.3. The van der Waals surface area contributed by atoms with Gasteiger partial charge in [0.05, 0.1) is 32.8 Å². The number of carbonyl (C=O) groups excluding carboxylic acids is 1. The van der Waals surface area contributed by atoms with Crippen molar-refractivity contribution < 1.29 is 24.2 Å². The van der Waals surface area contributed by atoms with E-state index in [0.29, 0.717) is 39.3 Å². The molecule has 0 saturated heterocycles. The van der Waals surface area contributed by atoms with Crippen LogP contribution in [0.5, 0.6) is 0 Å². The molecule has 0 aromatic carbocycles. The van der Waals surface area contributed by atoms with Gasteiger partial charge in [0.1, 0.15) is 0 Å². The van der Waals surface area contributed by atoms with Crippen molar-refractivity contribution >= 4 is 11.9 Å². The highest BCUT2D eigenvalue weighted by Crippen LogP contribution is 1.83. The highest BCUT2D eigenvalue weighted by atomic mass is 16.5. The largest absolute Gasteiger partial charge is 0.481 e. The minimum atomic E-state index is -0.881. The van der Waals surface area contributed by atoms with Crippen LogP contribution in [0.3, 0.4) is 0 Å². The third kappa shape index (κ3) is 12.8. The van der Waals surface area contributed by atoms with Gasteiger partial charge in [-0.2, -0.15) is 0 Å². The molecule has 0 radical (unpaired) electrons. The second-order valence-electron chi connectivity index (χ2n) is 3.26. The summed E-state index contributed by atoms with van der Waals surface area (Å²) in [7, 11) is 0. The average Bonchev–Trinajstić information content (AvgIpc) is 2.27. The van der Waals surface area contributed by atoms with E-state index in [1.807, 2.05) is 0 Å². The number of carbonyl (C=O) groups is 2. The molecule has 0 aliphatic heterocycles. The summed E-state index contributed by atoms with van der Waals surface area (Å²) in [6, 6.07) is 0. The van der Waals surface area contributed by atoms with E-state index in [9.17, 15) is 9.59 Å². The summed E-state index contributed by atoms with van der Waals surface area (Å²) in [6.45, 7) is 2.10. The van der Waals surface area contributed by atoms with Crippen LogP contribution in [0.1, 0.15) is 12.8 Å².